The van der Waals surface area contributed by atoms with E-state index in [9.17, 15) is 36.2 Å². The number of hydrogen-bond acceptors (Lipinski definition) is 2. The molecule has 9 heteroatoms. The van der Waals surface area contributed by atoms with Gasteiger partial charge in [0.15, 0.2) is 0 Å². The molecule has 3 nitrogen and oxygen atoms in total. The van der Waals surface area contributed by atoms with Crippen LogP contribution in [-0.4, -0.2) is 29.1 Å². The third-order valence-electron chi connectivity index (χ3n) is 8.80. The van der Waals surface area contributed by atoms with Gasteiger partial charge in [0, 0.05) is 12.6 Å². The molecule has 0 amide bonds. The first kappa shape index (κ1) is 33.6. The van der Waals surface area contributed by atoms with Crippen molar-refractivity contribution in [3.63, 3.8) is 0 Å². The molecule has 0 aliphatic carbocycles. The maximum absolute atomic E-state index is 13.3. The van der Waals surface area contributed by atoms with E-state index in [4.69, 9.17) is 0 Å². The van der Waals surface area contributed by atoms with Crippen molar-refractivity contribution >= 4 is 5.97 Å². The number of likely N-dealkylation sites (tertiary alicyclic amines) is 1. The van der Waals surface area contributed by atoms with E-state index in [0.717, 1.165) is 54.8 Å². The zero-order chi connectivity index (χ0) is 32.4. The monoisotopic (exact) mass is 619 g/mol. The van der Waals surface area contributed by atoms with Gasteiger partial charge >= 0.3 is 18.3 Å². The number of rotatable bonds is 9. The minimum absolute atomic E-state index is 0.00232. The molecule has 3 aromatic rings. The Hall–Kier alpha value is -3.33. The van der Waals surface area contributed by atoms with Crippen molar-refractivity contribution in [3.8, 4) is 11.1 Å². The van der Waals surface area contributed by atoms with Gasteiger partial charge in [0.1, 0.15) is 0 Å². The second kappa shape index (κ2) is 13.0. The van der Waals surface area contributed by atoms with E-state index in [0.29, 0.717) is 36.1 Å². The molecule has 1 saturated heterocycles. The van der Waals surface area contributed by atoms with Crippen LogP contribution in [0.25, 0.3) is 11.1 Å². The van der Waals surface area contributed by atoms with E-state index in [1.807, 2.05) is 32.9 Å². The van der Waals surface area contributed by atoms with Crippen molar-refractivity contribution < 1.29 is 36.2 Å². The highest BCUT2D eigenvalue weighted by Gasteiger charge is 2.38. The molecule has 0 radical (unpaired) electrons. The Kier molecular flexibility index (Phi) is 9.88. The maximum atomic E-state index is 13.3. The molecule has 3 aromatic carbocycles. The SMILES string of the molecule is CCC(c1ccc(C(F)(F)F)cc1)N1CCCC(c2cc(-c3ccc(C(F)(F)F)cc3)cc(C(C)(CC(C)C)C(=O)O)c2)C1. The summed E-state index contributed by atoms with van der Waals surface area (Å²) in [5, 5.41) is 10.4. The van der Waals surface area contributed by atoms with Crippen molar-refractivity contribution in [3.05, 3.63) is 94.5 Å². The van der Waals surface area contributed by atoms with Gasteiger partial charge in [-0.05, 0) is 109 Å². The Morgan fingerprint density at radius 1 is 0.864 bits per heavy atom. The van der Waals surface area contributed by atoms with Gasteiger partial charge in [0.2, 0.25) is 0 Å². The average Bonchev–Trinajstić information content (AvgIpc) is 2.96. The van der Waals surface area contributed by atoms with E-state index in [1.165, 1.54) is 24.3 Å². The number of carboxylic acids is 1. The van der Waals surface area contributed by atoms with Crippen molar-refractivity contribution in [2.45, 2.75) is 83.1 Å². The summed E-state index contributed by atoms with van der Waals surface area (Å²) in [6, 6.07) is 15.7. The minimum atomic E-state index is -4.47. The normalized spacial score (nSPS) is 18.7. The molecule has 1 aliphatic heterocycles. The maximum Gasteiger partial charge on any atom is 0.416 e. The van der Waals surface area contributed by atoms with E-state index >= 15 is 0 Å². The molecule has 1 aliphatic rings. The van der Waals surface area contributed by atoms with Crippen molar-refractivity contribution in [1.29, 1.82) is 0 Å². The third-order valence-corrected chi connectivity index (χ3v) is 8.80. The lowest BCUT2D eigenvalue weighted by atomic mass is 9.74. The number of halogens is 6. The van der Waals surface area contributed by atoms with Crippen LogP contribution >= 0.6 is 0 Å². The third kappa shape index (κ3) is 7.48. The molecular formula is C35H39F6NO2. The van der Waals surface area contributed by atoms with Gasteiger partial charge in [-0.25, -0.2) is 0 Å². The fourth-order valence-electron chi connectivity index (χ4n) is 6.53. The lowest BCUT2D eigenvalue weighted by Crippen LogP contribution is -2.37. The number of piperidine rings is 1. The first-order valence-corrected chi connectivity index (χ1v) is 15.0. The minimum Gasteiger partial charge on any atom is -0.481 e. The van der Waals surface area contributed by atoms with Crippen LogP contribution in [0.3, 0.4) is 0 Å². The number of alkyl halides is 6. The van der Waals surface area contributed by atoms with E-state index in [2.05, 4.69) is 4.90 Å². The molecule has 0 spiro atoms. The van der Waals surface area contributed by atoms with Gasteiger partial charge in [-0.2, -0.15) is 26.3 Å². The van der Waals surface area contributed by atoms with Crippen molar-refractivity contribution in [2.75, 3.05) is 13.1 Å². The summed E-state index contributed by atoms with van der Waals surface area (Å²) < 4.78 is 79.3. The Bertz CT molecular complexity index is 1430. The second-order valence-electron chi connectivity index (χ2n) is 12.5. The Balaban J connectivity index is 1.74. The van der Waals surface area contributed by atoms with Crippen LogP contribution in [0.2, 0.25) is 0 Å². The Morgan fingerprint density at radius 2 is 1.43 bits per heavy atom. The molecule has 0 saturated carbocycles. The van der Waals surface area contributed by atoms with Crippen LogP contribution in [0.15, 0.2) is 66.7 Å². The van der Waals surface area contributed by atoms with E-state index < -0.39 is 34.9 Å². The highest BCUT2D eigenvalue weighted by Crippen LogP contribution is 2.41. The summed E-state index contributed by atoms with van der Waals surface area (Å²) in [5.74, 6) is -0.897. The van der Waals surface area contributed by atoms with E-state index in [1.54, 1.807) is 13.0 Å². The summed E-state index contributed by atoms with van der Waals surface area (Å²) in [6.45, 7) is 8.97. The smallest absolute Gasteiger partial charge is 0.416 e. The van der Waals surface area contributed by atoms with Crippen molar-refractivity contribution in [2.24, 2.45) is 5.92 Å². The van der Waals surface area contributed by atoms with Crippen LogP contribution in [0, 0.1) is 5.92 Å². The number of carbonyl (C=O) groups is 1. The molecule has 3 unspecified atom stereocenters. The van der Waals surface area contributed by atoms with Gasteiger partial charge in [-0.3, -0.25) is 9.69 Å². The number of carboxylic acid groups (broad SMARTS) is 1. The summed E-state index contributed by atoms with van der Waals surface area (Å²) >= 11 is 0. The summed E-state index contributed by atoms with van der Waals surface area (Å²) in [5.41, 5.74) is 0.837. The number of benzene rings is 3. The van der Waals surface area contributed by atoms with Crippen LogP contribution < -0.4 is 0 Å². The van der Waals surface area contributed by atoms with Crippen LogP contribution in [0.4, 0.5) is 26.3 Å². The first-order chi connectivity index (χ1) is 20.5. The Labute approximate surface area is 254 Å². The molecule has 1 heterocycles. The zero-order valence-electron chi connectivity index (χ0n) is 25.4. The molecule has 0 aromatic heterocycles. The van der Waals surface area contributed by atoms with Gasteiger partial charge in [-0.15, -0.1) is 0 Å². The number of nitrogens with zero attached hydrogens (tertiary/aromatic N) is 1. The molecule has 44 heavy (non-hydrogen) atoms. The highest BCUT2D eigenvalue weighted by molar-refractivity contribution is 5.82. The number of aliphatic carboxylic acids is 1. The lowest BCUT2D eigenvalue weighted by molar-refractivity contribution is -0.144. The fraction of sp³-hybridized carbons (Fsp3) is 0.457. The molecule has 3 atom stereocenters. The molecule has 4 rings (SSSR count). The lowest BCUT2D eigenvalue weighted by Gasteiger charge is -2.39. The zero-order valence-corrected chi connectivity index (χ0v) is 25.4. The summed E-state index contributed by atoms with van der Waals surface area (Å²) in [7, 11) is 0. The predicted molar refractivity (Wildman–Crippen MR) is 159 cm³/mol. The quantitative estimate of drug-likeness (QED) is 0.242. The topological polar surface area (TPSA) is 40.5 Å². The summed E-state index contributed by atoms with van der Waals surface area (Å²) in [6.07, 6.45) is -6.15. The molecule has 1 fully saturated rings. The van der Waals surface area contributed by atoms with Gasteiger partial charge in [0.05, 0.1) is 16.5 Å². The van der Waals surface area contributed by atoms with Crippen LogP contribution in [0.1, 0.15) is 93.2 Å². The van der Waals surface area contributed by atoms with Crippen LogP contribution in [-0.2, 0) is 22.6 Å². The first-order valence-electron chi connectivity index (χ1n) is 15.0. The van der Waals surface area contributed by atoms with E-state index in [-0.39, 0.29) is 17.9 Å². The largest absolute Gasteiger partial charge is 0.481 e. The molecular weight excluding hydrogens is 580 g/mol. The van der Waals surface area contributed by atoms with Crippen LogP contribution in [0.5, 0.6) is 0 Å². The number of hydrogen-bond donors (Lipinski definition) is 1. The van der Waals surface area contributed by atoms with Crippen molar-refractivity contribution in [1.82, 2.24) is 4.90 Å². The predicted octanol–water partition coefficient (Wildman–Crippen LogP) is 10.1. The van der Waals surface area contributed by atoms with Gasteiger partial charge < -0.3 is 5.11 Å². The highest BCUT2D eigenvalue weighted by atomic mass is 19.4. The Morgan fingerprint density at radius 3 is 1.93 bits per heavy atom. The molecule has 238 valence electrons. The van der Waals surface area contributed by atoms with Gasteiger partial charge in [0.25, 0.3) is 0 Å². The molecule has 1 N–H and O–H groups in total. The summed E-state index contributed by atoms with van der Waals surface area (Å²) in [4.78, 5) is 14.9. The average molecular weight is 620 g/mol. The fourth-order valence-corrected chi connectivity index (χ4v) is 6.53. The standard InChI is InChI=1S/C35H39F6NO2/c1-5-31(24-10-14-29(15-11-24)35(39,40)41)42-16-6-7-25(21-42)27-17-26(23-8-12-28(13-9-23)34(36,37)38)18-30(19-27)33(4,32(43)44)20-22(2)3/h8-15,17-19,22,25,31H,5-7,16,20-21H2,1-4H3,(H,43,44). The second-order valence-corrected chi connectivity index (χ2v) is 12.5. The van der Waals surface area contributed by atoms with Gasteiger partial charge in [-0.1, -0.05) is 57.2 Å². The molecule has 0 bridgehead atoms.